The largest absolute Gasteiger partial charge is 0.467 e. The Balaban J connectivity index is 3.77. The number of carbonyl (C=O) groups is 6. The van der Waals surface area contributed by atoms with Crippen LogP contribution in [-0.4, -0.2) is 85.5 Å². The van der Waals surface area contributed by atoms with Gasteiger partial charge in [-0.2, -0.15) is 0 Å². The van der Waals surface area contributed by atoms with Crippen LogP contribution in [0, 0.1) is 0 Å². The monoisotopic (exact) mass is 515 g/mol. The molecule has 1 aliphatic heterocycles. The molecule has 1 fully saturated rings. The third kappa shape index (κ3) is 8.63. The highest BCUT2D eigenvalue weighted by atomic mass is 16.6. The van der Waals surface area contributed by atoms with Gasteiger partial charge >= 0.3 is 29.8 Å². The number of esters is 5. The Labute approximate surface area is 208 Å². The van der Waals surface area contributed by atoms with Crippen molar-refractivity contribution in [2.45, 2.75) is 83.5 Å². The lowest BCUT2D eigenvalue weighted by Crippen LogP contribution is -2.68. The second-order valence-electron chi connectivity index (χ2n) is 8.16. The fourth-order valence-corrected chi connectivity index (χ4v) is 3.97. The lowest BCUT2D eigenvalue weighted by atomic mass is 9.81. The zero-order chi connectivity index (χ0) is 27.6. The highest BCUT2D eigenvalue weighted by Crippen LogP contribution is 2.38. The van der Waals surface area contributed by atoms with Crippen molar-refractivity contribution >= 4 is 35.8 Å². The first-order chi connectivity index (χ1) is 16.8. The standard InChI is InChI=1S/C23H33NO12/c1-8-9-23(22(30)31-7)10-17(33-14(4)27)19(24-12(2)25)21(36-23)20(35-16(6)29)18(34-15(5)28)11-32-13(3)26/h8,17-21H,1,9-11H2,2-7H3,(H,24,25)/t17-,18+,19+,20+,21+,23-/m0/s1. The molecule has 1 N–H and O–H groups in total. The van der Waals surface area contributed by atoms with Gasteiger partial charge in [0.05, 0.1) is 13.2 Å². The van der Waals surface area contributed by atoms with E-state index in [1.54, 1.807) is 0 Å². The molecule has 0 bridgehead atoms. The van der Waals surface area contributed by atoms with Crippen LogP contribution in [0.1, 0.15) is 47.5 Å². The number of amides is 1. The third-order valence-corrected chi connectivity index (χ3v) is 5.13. The van der Waals surface area contributed by atoms with Crippen LogP contribution in [0.2, 0.25) is 0 Å². The van der Waals surface area contributed by atoms with Gasteiger partial charge in [0.15, 0.2) is 17.8 Å². The van der Waals surface area contributed by atoms with E-state index >= 15 is 0 Å². The van der Waals surface area contributed by atoms with Crippen molar-refractivity contribution in [1.29, 1.82) is 0 Å². The van der Waals surface area contributed by atoms with Crippen molar-refractivity contribution in [3.8, 4) is 0 Å². The first-order valence-electron chi connectivity index (χ1n) is 11.1. The number of rotatable bonds is 11. The van der Waals surface area contributed by atoms with Crippen molar-refractivity contribution in [3.05, 3.63) is 12.7 Å². The summed E-state index contributed by atoms with van der Waals surface area (Å²) in [5, 5.41) is 2.59. The lowest BCUT2D eigenvalue weighted by molar-refractivity contribution is -0.241. The molecular formula is C23H33NO12. The second-order valence-corrected chi connectivity index (χ2v) is 8.16. The van der Waals surface area contributed by atoms with Crippen LogP contribution in [0.25, 0.3) is 0 Å². The lowest BCUT2D eigenvalue weighted by Gasteiger charge is -2.48. The maximum atomic E-state index is 12.9. The fourth-order valence-electron chi connectivity index (χ4n) is 3.97. The van der Waals surface area contributed by atoms with E-state index in [1.165, 1.54) is 13.0 Å². The zero-order valence-electron chi connectivity index (χ0n) is 21.2. The van der Waals surface area contributed by atoms with E-state index < -0.39 is 78.4 Å². The van der Waals surface area contributed by atoms with Crippen LogP contribution in [0.5, 0.6) is 0 Å². The molecule has 0 saturated carbocycles. The molecule has 6 atom stereocenters. The van der Waals surface area contributed by atoms with Crippen LogP contribution >= 0.6 is 0 Å². The van der Waals surface area contributed by atoms with Gasteiger partial charge in [-0.1, -0.05) is 6.08 Å². The molecular weight excluding hydrogens is 482 g/mol. The van der Waals surface area contributed by atoms with Gasteiger partial charge in [0.1, 0.15) is 18.8 Å². The average Bonchev–Trinajstić information content (AvgIpc) is 2.75. The molecule has 0 aliphatic carbocycles. The Morgan fingerprint density at radius 2 is 1.61 bits per heavy atom. The zero-order valence-corrected chi connectivity index (χ0v) is 21.2. The normalized spacial score (nSPS) is 24.8. The van der Waals surface area contributed by atoms with Gasteiger partial charge < -0.3 is 33.7 Å². The van der Waals surface area contributed by atoms with E-state index in [0.717, 1.165) is 34.8 Å². The van der Waals surface area contributed by atoms with Gasteiger partial charge in [0, 0.05) is 47.5 Å². The maximum Gasteiger partial charge on any atom is 0.338 e. The number of nitrogens with one attached hydrogen (secondary N) is 1. The minimum absolute atomic E-state index is 0.115. The van der Waals surface area contributed by atoms with Crippen LogP contribution in [0.4, 0.5) is 0 Å². The Hall–Kier alpha value is -3.48. The molecule has 1 saturated heterocycles. The summed E-state index contributed by atoms with van der Waals surface area (Å²) < 4.78 is 32.2. The summed E-state index contributed by atoms with van der Waals surface area (Å²) in [5.41, 5.74) is -1.78. The number of hydrogen-bond donors (Lipinski definition) is 1. The average molecular weight is 516 g/mol. The van der Waals surface area contributed by atoms with E-state index in [0.29, 0.717) is 0 Å². The molecule has 0 aromatic carbocycles. The van der Waals surface area contributed by atoms with Gasteiger partial charge in [0.25, 0.3) is 0 Å². The van der Waals surface area contributed by atoms with E-state index in [9.17, 15) is 28.8 Å². The highest BCUT2D eigenvalue weighted by Gasteiger charge is 2.57. The summed E-state index contributed by atoms with van der Waals surface area (Å²) in [5.74, 6) is -4.51. The minimum atomic E-state index is -1.78. The molecule has 0 spiro atoms. The van der Waals surface area contributed by atoms with Gasteiger partial charge in [-0.25, -0.2) is 4.79 Å². The summed E-state index contributed by atoms with van der Waals surface area (Å²) in [4.78, 5) is 72.3. The smallest absolute Gasteiger partial charge is 0.338 e. The molecule has 1 amide bonds. The van der Waals surface area contributed by atoms with Gasteiger partial charge in [0.2, 0.25) is 5.91 Å². The molecule has 13 nitrogen and oxygen atoms in total. The summed E-state index contributed by atoms with van der Waals surface area (Å²) in [7, 11) is 1.12. The maximum absolute atomic E-state index is 12.9. The summed E-state index contributed by atoms with van der Waals surface area (Å²) in [6, 6.07) is -1.19. The van der Waals surface area contributed by atoms with E-state index in [1.807, 2.05) is 0 Å². The number of carbonyl (C=O) groups excluding carboxylic acids is 6. The topological polar surface area (TPSA) is 170 Å². The Morgan fingerprint density at radius 3 is 2.06 bits per heavy atom. The van der Waals surface area contributed by atoms with Crippen LogP contribution in [0.15, 0.2) is 12.7 Å². The van der Waals surface area contributed by atoms with Crippen molar-refractivity contribution in [3.63, 3.8) is 0 Å². The summed E-state index contributed by atoms with van der Waals surface area (Å²) >= 11 is 0. The SMILES string of the molecule is C=CC[C@@]1(C(=O)OC)C[C@H](OC(C)=O)[C@@H](NC(C)=O)[C@H]([C@H](OC(C)=O)[C@@H](COC(C)=O)OC(C)=O)O1. The molecule has 0 aromatic heterocycles. The van der Waals surface area contributed by atoms with Gasteiger partial charge in [-0.05, 0) is 0 Å². The number of methoxy groups -OCH3 is 1. The van der Waals surface area contributed by atoms with Crippen LogP contribution in [-0.2, 0) is 57.2 Å². The van der Waals surface area contributed by atoms with Crippen LogP contribution < -0.4 is 5.32 Å². The molecule has 0 aromatic rings. The first-order valence-corrected chi connectivity index (χ1v) is 11.1. The number of ether oxygens (including phenoxy) is 6. The van der Waals surface area contributed by atoms with Crippen molar-refractivity contribution in [2.75, 3.05) is 13.7 Å². The number of hydrogen-bond acceptors (Lipinski definition) is 12. The molecule has 1 heterocycles. The Bertz CT molecular complexity index is 871. The molecule has 36 heavy (non-hydrogen) atoms. The molecule has 202 valence electrons. The Morgan fingerprint density at radius 1 is 1.00 bits per heavy atom. The molecule has 1 aliphatic rings. The van der Waals surface area contributed by atoms with E-state index in [2.05, 4.69) is 11.9 Å². The summed E-state index contributed by atoms with van der Waals surface area (Å²) in [6.07, 6.45) is -4.57. The van der Waals surface area contributed by atoms with Crippen molar-refractivity contribution < 1.29 is 57.2 Å². The van der Waals surface area contributed by atoms with Gasteiger partial charge in [-0.15, -0.1) is 6.58 Å². The van der Waals surface area contributed by atoms with E-state index in [4.69, 9.17) is 28.4 Å². The van der Waals surface area contributed by atoms with Crippen molar-refractivity contribution in [1.82, 2.24) is 5.32 Å². The fraction of sp³-hybridized carbons (Fsp3) is 0.652. The molecule has 0 unspecified atom stereocenters. The Kier molecular flexibility index (Phi) is 11.5. The molecule has 0 radical (unpaired) electrons. The van der Waals surface area contributed by atoms with Crippen LogP contribution in [0.3, 0.4) is 0 Å². The van der Waals surface area contributed by atoms with E-state index in [-0.39, 0.29) is 12.8 Å². The molecule has 13 heteroatoms. The van der Waals surface area contributed by atoms with Gasteiger partial charge in [-0.3, -0.25) is 24.0 Å². The predicted molar refractivity (Wildman–Crippen MR) is 120 cm³/mol. The molecule has 1 rings (SSSR count). The van der Waals surface area contributed by atoms with Crippen molar-refractivity contribution in [2.24, 2.45) is 0 Å². The predicted octanol–water partition coefficient (Wildman–Crippen LogP) is 0.126. The quantitative estimate of drug-likeness (QED) is 0.224. The first kappa shape index (κ1) is 30.6. The minimum Gasteiger partial charge on any atom is -0.467 e. The highest BCUT2D eigenvalue weighted by molar-refractivity contribution is 5.80. The summed E-state index contributed by atoms with van der Waals surface area (Å²) in [6.45, 7) is 8.68. The third-order valence-electron chi connectivity index (χ3n) is 5.13. The second kappa shape index (κ2) is 13.6.